The summed E-state index contributed by atoms with van der Waals surface area (Å²) in [6.45, 7) is 4.40. The third-order valence-electron chi connectivity index (χ3n) is 3.07. The molecule has 2 rings (SSSR count). The summed E-state index contributed by atoms with van der Waals surface area (Å²) < 4.78 is 16.4. The Labute approximate surface area is 119 Å². The number of methoxy groups -OCH3 is 2. The first kappa shape index (κ1) is 14.2. The molecule has 0 aliphatic carbocycles. The van der Waals surface area contributed by atoms with Crippen LogP contribution in [0.15, 0.2) is 30.5 Å². The molecular weight excluding hydrogens is 254 g/mol. The minimum absolute atomic E-state index is 0.338. The van der Waals surface area contributed by atoms with E-state index in [1.165, 1.54) is 0 Å². The Morgan fingerprint density at radius 1 is 1.00 bits per heavy atom. The van der Waals surface area contributed by atoms with E-state index in [2.05, 4.69) is 11.1 Å². The molecule has 20 heavy (non-hydrogen) atoms. The van der Waals surface area contributed by atoms with Crippen molar-refractivity contribution in [3.63, 3.8) is 0 Å². The maximum atomic E-state index is 5.85. The highest BCUT2D eigenvalue weighted by Gasteiger charge is 2.12. The Hall–Kier alpha value is -2.23. The summed E-state index contributed by atoms with van der Waals surface area (Å²) in [5.74, 6) is 2.12. The zero-order valence-electron chi connectivity index (χ0n) is 12.3. The van der Waals surface area contributed by atoms with Crippen molar-refractivity contribution in [2.45, 2.75) is 20.5 Å². The number of aryl methyl sites for hydroxylation is 2. The Morgan fingerprint density at radius 2 is 1.80 bits per heavy atom. The van der Waals surface area contributed by atoms with Gasteiger partial charge in [-0.2, -0.15) is 0 Å². The maximum Gasteiger partial charge on any atom is 0.185 e. The average molecular weight is 273 g/mol. The fraction of sp³-hybridized carbons (Fsp3) is 0.312. The largest absolute Gasteiger partial charge is 0.493 e. The summed E-state index contributed by atoms with van der Waals surface area (Å²) in [5.41, 5.74) is 2.97. The zero-order valence-corrected chi connectivity index (χ0v) is 12.3. The number of rotatable bonds is 5. The molecule has 0 N–H and O–H groups in total. The Morgan fingerprint density at radius 3 is 2.50 bits per heavy atom. The lowest BCUT2D eigenvalue weighted by Crippen LogP contribution is -2.03. The quantitative estimate of drug-likeness (QED) is 0.838. The van der Waals surface area contributed by atoms with Crippen LogP contribution < -0.4 is 14.2 Å². The average Bonchev–Trinajstić information content (AvgIpc) is 2.47. The van der Waals surface area contributed by atoms with Crippen molar-refractivity contribution >= 4 is 0 Å². The van der Waals surface area contributed by atoms with Crippen LogP contribution in [0, 0.1) is 13.8 Å². The summed E-state index contributed by atoms with van der Waals surface area (Å²) in [5, 5.41) is 0. The molecule has 0 aliphatic heterocycles. The zero-order chi connectivity index (χ0) is 14.5. The van der Waals surface area contributed by atoms with Crippen LogP contribution in [0.25, 0.3) is 0 Å². The molecule has 1 heterocycles. The Kier molecular flexibility index (Phi) is 4.45. The number of ether oxygens (including phenoxy) is 3. The Balaban J connectivity index is 2.20. The molecule has 0 saturated carbocycles. The predicted molar refractivity (Wildman–Crippen MR) is 77.6 cm³/mol. The van der Waals surface area contributed by atoms with Gasteiger partial charge in [-0.05, 0) is 31.0 Å². The Bertz CT molecular complexity index is 596. The number of hydrogen-bond donors (Lipinski definition) is 0. The molecule has 0 aliphatic rings. The lowest BCUT2D eigenvalue weighted by atomic mass is 10.1. The van der Waals surface area contributed by atoms with Gasteiger partial charge in [-0.1, -0.05) is 12.1 Å². The highest BCUT2D eigenvalue weighted by Crippen LogP contribution is 2.30. The molecule has 2 aromatic rings. The van der Waals surface area contributed by atoms with Crippen LogP contribution in [0.4, 0.5) is 0 Å². The molecular formula is C16H19NO3. The van der Waals surface area contributed by atoms with E-state index in [-0.39, 0.29) is 0 Å². The highest BCUT2D eigenvalue weighted by molar-refractivity contribution is 5.43. The smallest absolute Gasteiger partial charge is 0.185 e. The van der Waals surface area contributed by atoms with Gasteiger partial charge in [0.25, 0.3) is 0 Å². The van der Waals surface area contributed by atoms with Gasteiger partial charge in [0.1, 0.15) is 18.1 Å². The van der Waals surface area contributed by atoms with E-state index < -0.39 is 0 Å². The standard InChI is InChI=1S/C16H19NO3/c1-11-5-6-12(2)15(9-11)20-10-13-16(19-4)14(18-3)7-8-17-13/h5-9H,10H2,1-4H3. The van der Waals surface area contributed by atoms with Gasteiger partial charge in [-0.15, -0.1) is 0 Å². The van der Waals surface area contributed by atoms with Crippen LogP contribution in [0.2, 0.25) is 0 Å². The van der Waals surface area contributed by atoms with Crippen molar-refractivity contribution in [2.75, 3.05) is 14.2 Å². The van der Waals surface area contributed by atoms with E-state index in [0.29, 0.717) is 23.8 Å². The van der Waals surface area contributed by atoms with Gasteiger partial charge in [-0.25, -0.2) is 0 Å². The van der Waals surface area contributed by atoms with Gasteiger partial charge in [0.2, 0.25) is 0 Å². The van der Waals surface area contributed by atoms with Crippen LogP contribution in [0.3, 0.4) is 0 Å². The lowest BCUT2D eigenvalue weighted by molar-refractivity contribution is 0.283. The van der Waals surface area contributed by atoms with Crippen LogP contribution >= 0.6 is 0 Å². The van der Waals surface area contributed by atoms with Crippen LogP contribution in [-0.4, -0.2) is 19.2 Å². The second kappa shape index (κ2) is 6.28. The molecule has 0 fully saturated rings. The summed E-state index contributed by atoms with van der Waals surface area (Å²) >= 11 is 0. The van der Waals surface area contributed by atoms with Crippen LogP contribution in [-0.2, 0) is 6.61 Å². The topological polar surface area (TPSA) is 40.6 Å². The van der Waals surface area contributed by atoms with Crippen LogP contribution in [0.1, 0.15) is 16.8 Å². The van der Waals surface area contributed by atoms with E-state index in [9.17, 15) is 0 Å². The van der Waals surface area contributed by atoms with Crippen molar-refractivity contribution in [1.29, 1.82) is 0 Å². The van der Waals surface area contributed by atoms with E-state index in [0.717, 1.165) is 16.9 Å². The van der Waals surface area contributed by atoms with Gasteiger partial charge < -0.3 is 14.2 Å². The molecule has 0 bridgehead atoms. The van der Waals surface area contributed by atoms with E-state index in [1.54, 1.807) is 26.5 Å². The maximum absolute atomic E-state index is 5.85. The molecule has 0 radical (unpaired) electrons. The highest BCUT2D eigenvalue weighted by atomic mass is 16.5. The molecule has 0 spiro atoms. The summed E-state index contributed by atoms with van der Waals surface area (Å²) in [4.78, 5) is 4.30. The molecule has 0 unspecified atom stereocenters. The minimum Gasteiger partial charge on any atom is -0.493 e. The molecule has 4 nitrogen and oxygen atoms in total. The van der Waals surface area contributed by atoms with E-state index in [4.69, 9.17) is 14.2 Å². The monoisotopic (exact) mass is 273 g/mol. The molecule has 106 valence electrons. The fourth-order valence-electron chi connectivity index (χ4n) is 1.96. The van der Waals surface area contributed by atoms with Gasteiger partial charge in [0.15, 0.2) is 11.5 Å². The summed E-state index contributed by atoms with van der Waals surface area (Å²) in [6, 6.07) is 7.88. The van der Waals surface area contributed by atoms with Crippen molar-refractivity contribution in [2.24, 2.45) is 0 Å². The van der Waals surface area contributed by atoms with Crippen molar-refractivity contribution < 1.29 is 14.2 Å². The first-order chi connectivity index (χ1) is 9.65. The molecule has 1 aromatic carbocycles. The normalized spacial score (nSPS) is 10.2. The summed E-state index contributed by atoms with van der Waals surface area (Å²) in [6.07, 6.45) is 1.68. The van der Waals surface area contributed by atoms with Crippen molar-refractivity contribution in [3.05, 3.63) is 47.3 Å². The first-order valence-electron chi connectivity index (χ1n) is 6.41. The number of pyridine rings is 1. The van der Waals surface area contributed by atoms with E-state index >= 15 is 0 Å². The van der Waals surface area contributed by atoms with Crippen LogP contribution in [0.5, 0.6) is 17.2 Å². The third kappa shape index (κ3) is 3.02. The van der Waals surface area contributed by atoms with Gasteiger partial charge in [0.05, 0.1) is 14.2 Å². The van der Waals surface area contributed by atoms with Gasteiger partial charge in [-0.3, -0.25) is 4.98 Å². The van der Waals surface area contributed by atoms with Gasteiger partial charge >= 0.3 is 0 Å². The second-order valence-corrected chi connectivity index (χ2v) is 4.55. The first-order valence-corrected chi connectivity index (χ1v) is 6.41. The number of nitrogens with zero attached hydrogens (tertiary/aromatic N) is 1. The van der Waals surface area contributed by atoms with E-state index in [1.807, 2.05) is 26.0 Å². The number of benzene rings is 1. The van der Waals surface area contributed by atoms with Gasteiger partial charge in [0, 0.05) is 12.3 Å². The summed E-state index contributed by atoms with van der Waals surface area (Å²) in [7, 11) is 3.20. The predicted octanol–water partition coefficient (Wildman–Crippen LogP) is 3.29. The lowest BCUT2D eigenvalue weighted by Gasteiger charge is -2.13. The molecule has 1 aromatic heterocycles. The molecule has 0 atom stereocenters. The third-order valence-corrected chi connectivity index (χ3v) is 3.07. The fourth-order valence-corrected chi connectivity index (χ4v) is 1.96. The molecule has 0 amide bonds. The SMILES string of the molecule is COc1ccnc(COc2cc(C)ccc2C)c1OC. The number of hydrogen-bond acceptors (Lipinski definition) is 4. The van der Waals surface area contributed by atoms with Crippen molar-refractivity contribution in [3.8, 4) is 17.2 Å². The second-order valence-electron chi connectivity index (χ2n) is 4.55. The minimum atomic E-state index is 0.338. The molecule has 0 saturated heterocycles. The number of aromatic nitrogens is 1. The van der Waals surface area contributed by atoms with Crippen molar-refractivity contribution in [1.82, 2.24) is 4.98 Å². The molecule has 4 heteroatoms.